The van der Waals surface area contributed by atoms with E-state index in [1.165, 1.54) is 5.56 Å². The molecule has 0 saturated carbocycles. The van der Waals surface area contributed by atoms with Crippen molar-refractivity contribution >= 4 is 23.4 Å². The Bertz CT molecular complexity index is 1470. The van der Waals surface area contributed by atoms with Gasteiger partial charge in [-0.15, -0.1) is 0 Å². The molecule has 2 aromatic carbocycles. The molecule has 1 aliphatic heterocycles. The van der Waals surface area contributed by atoms with E-state index in [0.717, 1.165) is 45.0 Å². The lowest BCUT2D eigenvalue weighted by atomic mass is 9.82. The number of fused-ring (bicyclic) bond motifs is 1. The van der Waals surface area contributed by atoms with Gasteiger partial charge in [0.15, 0.2) is 0 Å². The summed E-state index contributed by atoms with van der Waals surface area (Å²) in [4.78, 5) is 13.4. The number of pyridine rings is 1. The maximum Gasteiger partial charge on any atom is 0.139 e. The molecule has 37 heavy (non-hydrogen) atoms. The average Bonchev–Trinajstić information content (AvgIpc) is 2.90. The molecule has 5 rings (SSSR count). The highest BCUT2D eigenvalue weighted by Gasteiger charge is 2.34. The van der Waals surface area contributed by atoms with Gasteiger partial charge in [0, 0.05) is 36.0 Å². The minimum atomic E-state index is -0.869. The summed E-state index contributed by atoms with van der Waals surface area (Å²) >= 11 is 0. The molecule has 0 fully saturated rings. The van der Waals surface area contributed by atoms with Crippen molar-refractivity contribution in [2.45, 2.75) is 38.8 Å². The summed E-state index contributed by atoms with van der Waals surface area (Å²) in [6.07, 6.45) is 7.31. The Hall–Kier alpha value is -4.23. The van der Waals surface area contributed by atoms with Gasteiger partial charge in [0.1, 0.15) is 23.6 Å². The first kappa shape index (κ1) is 24.5. The largest absolute Gasteiger partial charge is 0.373 e. The molecular formula is C30H33N7. The van der Waals surface area contributed by atoms with Gasteiger partial charge in [-0.2, -0.15) is 0 Å². The molecule has 5 N–H and O–H groups in total. The van der Waals surface area contributed by atoms with Crippen molar-refractivity contribution in [2.75, 3.05) is 17.7 Å². The summed E-state index contributed by atoms with van der Waals surface area (Å²) in [5.74, 6) is 1.45. The first-order chi connectivity index (χ1) is 17.7. The Morgan fingerprint density at radius 2 is 1.76 bits per heavy atom. The van der Waals surface area contributed by atoms with Gasteiger partial charge < -0.3 is 21.7 Å². The number of hydrogen-bond acceptors (Lipinski definition) is 7. The fraction of sp³-hybridized carbons (Fsp3) is 0.233. The monoisotopic (exact) mass is 491 g/mol. The molecular weight excluding hydrogens is 458 g/mol. The van der Waals surface area contributed by atoms with Crippen LogP contribution >= 0.6 is 0 Å². The molecule has 1 atom stereocenters. The lowest BCUT2D eigenvalue weighted by Gasteiger charge is -2.36. The van der Waals surface area contributed by atoms with Crippen LogP contribution in [0, 0.1) is 6.92 Å². The third kappa shape index (κ3) is 4.54. The molecule has 2 aromatic heterocycles. The van der Waals surface area contributed by atoms with E-state index in [0.29, 0.717) is 5.82 Å². The standard InChI is InChI=1S/C30H33N7/c1-19-8-13-24-22(14-16-36-30(24,31)21-11-9-20(10-12-21)29(2,3)4)27(19)37-28-23(7-6-15-33-28)25-17-26(32-5)35-18-34-25/h6-18,36H,31H2,1-5H3,(H,33,37)(H,32,34,35). The van der Waals surface area contributed by atoms with Gasteiger partial charge in [0.05, 0.1) is 11.4 Å². The van der Waals surface area contributed by atoms with Crippen LogP contribution < -0.4 is 21.7 Å². The predicted molar refractivity (Wildman–Crippen MR) is 152 cm³/mol. The van der Waals surface area contributed by atoms with E-state index < -0.39 is 5.66 Å². The van der Waals surface area contributed by atoms with Crippen molar-refractivity contribution in [3.63, 3.8) is 0 Å². The highest BCUT2D eigenvalue weighted by molar-refractivity contribution is 5.83. The number of benzene rings is 2. The average molecular weight is 492 g/mol. The predicted octanol–water partition coefficient (Wildman–Crippen LogP) is 5.66. The number of nitrogens with one attached hydrogen (secondary N) is 3. The molecule has 188 valence electrons. The number of hydrogen-bond donors (Lipinski definition) is 4. The number of aromatic nitrogens is 3. The van der Waals surface area contributed by atoms with Crippen molar-refractivity contribution in [1.29, 1.82) is 0 Å². The van der Waals surface area contributed by atoms with Crippen LogP contribution in [0.25, 0.3) is 17.3 Å². The van der Waals surface area contributed by atoms with Crippen LogP contribution in [0.3, 0.4) is 0 Å². The summed E-state index contributed by atoms with van der Waals surface area (Å²) in [6.45, 7) is 8.72. The molecule has 4 aromatic rings. The van der Waals surface area contributed by atoms with Crippen LogP contribution in [0.15, 0.2) is 73.3 Å². The second kappa shape index (κ2) is 9.33. The Labute approximate surface area is 218 Å². The van der Waals surface area contributed by atoms with Crippen LogP contribution in [0.1, 0.15) is 48.6 Å². The SMILES string of the molecule is CNc1cc(-c2cccnc2Nc2c(C)ccc3c2C=CNC3(N)c2ccc(C(C)(C)C)cc2)ncn1. The smallest absolute Gasteiger partial charge is 0.139 e. The lowest BCUT2D eigenvalue weighted by molar-refractivity contribution is 0.473. The van der Waals surface area contributed by atoms with Crippen LogP contribution in [-0.2, 0) is 11.1 Å². The van der Waals surface area contributed by atoms with Crippen LogP contribution in [0.4, 0.5) is 17.3 Å². The van der Waals surface area contributed by atoms with E-state index in [1.54, 1.807) is 12.5 Å². The summed E-state index contributed by atoms with van der Waals surface area (Å²) in [6, 6.07) is 18.6. The topological polar surface area (TPSA) is 101 Å². The van der Waals surface area contributed by atoms with Gasteiger partial charge >= 0.3 is 0 Å². The van der Waals surface area contributed by atoms with Crippen molar-refractivity contribution in [2.24, 2.45) is 5.73 Å². The number of nitrogens with zero attached hydrogens (tertiary/aromatic N) is 3. The van der Waals surface area contributed by atoms with Crippen molar-refractivity contribution in [1.82, 2.24) is 20.3 Å². The van der Waals surface area contributed by atoms with Gasteiger partial charge in [-0.05, 0) is 53.4 Å². The molecule has 0 amide bonds. The lowest BCUT2D eigenvalue weighted by Crippen LogP contribution is -2.50. The molecule has 0 saturated heterocycles. The summed E-state index contributed by atoms with van der Waals surface area (Å²) in [5, 5.41) is 10.1. The second-order valence-electron chi connectivity index (χ2n) is 10.4. The number of aryl methyl sites for hydroxylation is 1. The van der Waals surface area contributed by atoms with E-state index in [4.69, 9.17) is 5.73 Å². The molecule has 0 spiro atoms. The minimum absolute atomic E-state index is 0.0737. The van der Waals surface area contributed by atoms with Gasteiger partial charge in [-0.25, -0.2) is 15.0 Å². The third-order valence-electron chi connectivity index (χ3n) is 6.90. The summed E-state index contributed by atoms with van der Waals surface area (Å²) in [5.41, 5.74) is 14.3. The Morgan fingerprint density at radius 1 is 0.973 bits per heavy atom. The van der Waals surface area contributed by atoms with E-state index >= 15 is 0 Å². The van der Waals surface area contributed by atoms with Crippen molar-refractivity contribution in [3.8, 4) is 11.3 Å². The van der Waals surface area contributed by atoms with Gasteiger partial charge in [0.2, 0.25) is 0 Å². The Balaban J connectivity index is 1.57. The zero-order valence-corrected chi connectivity index (χ0v) is 21.9. The van der Waals surface area contributed by atoms with E-state index in [1.807, 2.05) is 31.4 Å². The first-order valence-electron chi connectivity index (χ1n) is 12.4. The number of nitrogens with two attached hydrogens (primary N) is 1. The van der Waals surface area contributed by atoms with Crippen molar-refractivity contribution in [3.05, 3.63) is 101 Å². The first-order valence-corrected chi connectivity index (χ1v) is 12.4. The molecule has 0 radical (unpaired) electrons. The van der Waals surface area contributed by atoms with E-state index in [-0.39, 0.29) is 5.41 Å². The zero-order valence-electron chi connectivity index (χ0n) is 21.9. The third-order valence-corrected chi connectivity index (χ3v) is 6.90. The maximum absolute atomic E-state index is 7.09. The maximum atomic E-state index is 7.09. The van der Waals surface area contributed by atoms with Crippen LogP contribution in [0.2, 0.25) is 0 Å². The highest BCUT2D eigenvalue weighted by Crippen LogP contribution is 2.39. The second-order valence-corrected chi connectivity index (χ2v) is 10.4. The summed E-state index contributed by atoms with van der Waals surface area (Å²) < 4.78 is 0. The number of rotatable bonds is 5. The molecule has 0 bridgehead atoms. The zero-order chi connectivity index (χ0) is 26.2. The molecule has 1 aliphatic rings. The van der Waals surface area contributed by atoms with Gasteiger partial charge in [0.25, 0.3) is 0 Å². The van der Waals surface area contributed by atoms with E-state index in [9.17, 15) is 0 Å². The Morgan fingerprint density at radius 3 is 2.49 bits per heavy atom. The van der Waals surface area contributed by atoms with Crippen molar-refractivity contribution < 1.29 is 0 Å². The Kier molecular flexibility index (Phi) is 6.17. The quantitative estimate of drug-likeness (QED) is 0.286. The highest BCUT2D eigenvalue weighted by atomic mass is 15.1. The van der Waals surface area contributed by atoms with Crippen LogP contribution in [0.5, 0.6) is 0 Å². The fourth-order valence-electron chi connectivity index (χ4n) is 4.69. The molecule has 0 aliphatic carbocycles. The number of anilines is 3. The van der Waals surface area contributed by atoms with Gasteiger partial charge in [-0.3, -0.25) is 0 Å². The fourth-order valence-corrected chi connectivity index (χ4v) is 4.69. The molecule has 7 nitrogen and oxygen atoms in total. The molecule has 1 unspecified atom stereocenters. The molecule has 7 heteroatoms. The normalized spacial score (nSPS) is 16.6. The minimum Gasteiger partial charge on any atom is -0.373 e. The van der Waals surface area contributed by atoms with E-state index in [2.05, 4.69) is 101 Å². The van der Waals surface area contributed by atoms with Gasteiger partial charge in [-0.1, -0.05) is 57.2 Å². The summed E-state index contributed by atoms with van der Waals surface area (Å²) in [7, 11) is 1.84. The van der Waals surface area contributed by atoms with Crippen LogP contribution in [-0.4, -0.2) is 22.0 Å². The molecule has 3 heterocycles.